The maximum Gasteiger partial charge on any atom is 0.267 e. The average Bonchev–Trinajstić information content (AvgIpc) is 2.44. The van der Waals surface area contributed by atoms with Gasteiger partial charge in [-0.15, -0.1) is 13.6 Å². The van der Waals surface area contributed by atoms with E-state index in [0.717, 1.165) is 13.6 Å². The molecule has 0 bridgehead atoms. The van der Waals surface area contributed by atoms with Gasteiger partial charge in [0.1, 0.15) is 0 Å². The molecule has 0 spiro atoms. The Balaban J connectivity index is 3.26. The van der Waals surface area contributed by atoms with Gasteiger partial charge in [0, 0.05) is 26.7 Å². The molecule has 0 aliphatic carbocycles. The predicted octanol–water partition coefficient (Wildman–Crippen LogP) is 0.878. The second kappa shape index (κ2) is 9.02. The number of carbonyl (C=O) groups excluding carboxylic acids is 3. The van der Waals surface area contributed by atoms with Crippen molar-refractivity contribution >= 4 is 53.1 Å². The number of carbonyl (C=O) groups is 3. The van der Waals surface area contributed by atoms with Gasteiger partial charge in [-0.1, -0.05) is 0 Å². The highest BCUT2D eigenvalue weighted by molar-refractivity contribution is 6.16. The molecule has 0 saturated carbocycles. The minimum absolute atomic E-state index is 0.00528. The number of nitrogens with zero attached hydrogens (tertiary/aromatic N) is 3. The van der Waals surface area contributed by atoms with Gasteiger partial charge in [0.15, 0.2) is 0 Å². The molecule has 0 radical (unpaired) electrons. The van der Waals surface area contributed by atoms with Gasteiger partial charge < -0.3 is 0 Å². The Hall–Kier alpha value is -1.62. The van der Waals surface area contributed by atoms with Gasteiger partial charge in [0.25, 0.3) is 17.7 Å². The molecule has 0 saturated heterocycles. The lowest BCUT2D eigenvalue weighted by Gasteiger charge is -2.15. The van der Waals surface area contributed by atoms with Gasteiger partial charge in [0.2, 0.25) is 0 Å². The van der Waals surface area contributed by atoms with Crippen LogP contribution in [0.4, 0.5) is 0 Å². The van der Waals surface area contributed by atoms with Crippen LogP contribution in [0.1, 0.15) is 31.1 Å². The normalized spacial score (nSPS) is 10.9. The highest BCUT2D eigenvalue weighted by atomic mass is 35.5. The molecule has 0 fully saturated rings. The topological polar surface area (TPSA) is 97.0 Å². The van der Waals surface area contributed by atoms with Crippen LogP contribution in [-0.4, -0.2) is 52.4 Å². The van der Waals surface area contributed by atoms with E-state index in [9.17, 15) is 14.4 Å². The molecule has 0 aliphatic heterocycles. The molecule has 1 aromatic rings. The second-order valence-electron chi connectivity index (χ2n) is 4.51. The van der Waals surface area contributed by atoms with Crippen LogP contribution in [0.25, 0.3) is 0 Å². The first kappa shape index (κ1) is 20.4. The van der Waals surface area contributed by atoms with Crippen LogP contribution < -0.4 is 16.3 Å². The first-order chi connectivity index (χ1) is 11.1. The number of hydrogen-bond donors (Lipinski definition) is 3. The molecule has 132 valence electrons. The number of hydrazine groups is 3. The Bertz CT molecular complexity index is 638. The van der Waals surface area contributed by atoms with Crippen LogP contribution in [0.15, 0.2) is 18.2 Å². The maximum absolute atomic E-state index is 12.2. The van der Waals surface area contributed by atoms with E-state index in [4.69, 9.17) is 35.3 Å². The van der Waals surface area contributed by atoms with Gasteiger partial charge in [0.05, 0.1) is 11.1 Å². The fourth-order valence-electron chi connectivity index (χ4n) is 1.68. The van der Waals surface area contributed by atoms with E-state index >= 15 is 0 Å². The lowest BCUT2D eigenvalue weighted by Crippen LogP contribution is -2.37. The van der Waals surface area contributed by atoms with E-state index in [2.05, 4.69) is 16.3 Å². The summed E-state index contributed by atoms with van der Waals surface area (Å²) in [4.78, 5) is 36.3. The van der Waals surface area contributed by atoms with E-state index < -0.39 is 17.7 Å². The zero-order valence-electron chi connectivity index (χ0n) is 12.9. The highest BCUT2D eigenvalue weighted by Crippen LogP contribution is 2.14. The summed E-state index contributed by atoms with van der Waals surface area (Å²) in [5.41, 5.74) is 6.91. The molecule has 0 heterocycles. The fourth-order valence-corrected chi connectivity index (χ4v) is 1.91. The van der Waals surface area contributed by atoms with Crippen molar-refractivity contribution in [2.45, 2.75) is 0 Å². The number of amides is 3. The van der Waals surface area contributed by atoms with E-state index in [-0.39, 0.29) is 16.7 Å². The molecule has 1 rings (SSSR count). The average molecular weight is 398 g/mol. The number of halogens is 3. The molecule has 9 nitrogen and oxygen atoms in total. The zero-order chi connectivity index (χ0) is 18.4. The van der Waals surface area contributed by atoms with Gasteiger partial charge in [-0.05, 0) is 53.5 Å². The first-order valence-electron chi connectivity index (χ1n) is 6.37. The lowest BCUT2D eigenvalue weighted by atomic mass is 10.0. The van der Waals surface area contributed by atoms with Crippen LogP contribution >= 0.6 is 35.3 Å². The number of hydrogen-bond acceptors (Lipinski definition) is 6. The smallest absolute Gasteiger partial charge is 0.267 e. The third-order valence-electron chi connectivity index (χ3n) is 2.54. The summed E-state index contributed by atoms with van der Waals surface area (Å²) in [6.45, 7) is 0. The number of rotatable bonds is 6. The molecular formula is C12H15Cl3N6O3. The third-order valence-corrected chi connectivity index (χ3v) is 2.79. The van der Waals surface area contributed by atoms with Gasteiger partial charge in [-0.25, -0.2) is 0 Å². The van der Waals surface area contributed by atoms with E-state index in [0.29, 0.717) is 0 Å². The monoisotopic (exact) mass is 396 g/mol. The molecule has 0 unspecified atom stereocenters. The van der Waals surface area contributed by atoms with Crippen molar-refractivity contribution in [2.75, 3.05) is 21.1 Å². The maximum atomic E-state index is 12.2. The van der Waals surface area contributed by atoms with Crippen LogP contribution in [0.2, 0.25) is 0 Å². The fraction of sp³-hybridized carbons (Fsp3) is 0.250. The van der Waals surface area contributed by atoms with Crippen LogP contribution in [0.3, 0.4) is 0 Å². The molecule has 0 atom stereocenters. The largest absolute Gasteiger partial charge is 0.271 e. The summed E-state index contributed by atoms with van der Waals surface area (Å²) in [5, 5.41) is 0. The minimum Gasteiger partial charge on any atom is -0.271 e. The number of benzene rings is 1. The SMILES string of the molecule is CN(Cl)NC(=O)c1ccc(C(=O)NN(C)Cl)c(C(=O)NN(C)Cl)c1. The van der Waals surface area contributed by atoms with Gasteiger partial charge in [-0.2, -0.15) is 0 Å². The lowest BCUT2D eigenvalue weighted by molar-refractivity contribution is 0.0858. The Morgan fingerprint density at radius 1 is 0.750 bits per heavy atom. The van der Waals surface area contributed by atoms with Gasteiger partial charge >= 0.3 is 0 Å². The molecule has 3 amide bonds. The summed E-state index contributed by atoms with van der Waals surface area (Å²) in [6.07, 6.45) is 0. The van der Waals surface area contributed by atoms with Crippen molar-refractivity contribution in [2.24, 2.45) is 0 Å². The summed E-state index contributed by atoms with van der Waals surface area (Å²) in [5.74, 6) is -1.90. The Kier molecular flexibility index (Phi) is 7.67. The first-order valence-corrected chi connectivity index (χ1v) is 7.38. The molecule has 0 aliphatic rings. The standard InChI is InChI=1S/C12H15Cl3N6O3/c1-19(13)16-10(22)7-4-5-8(11(23)17-20(2)14)9(6-7)12(24)18-21(3)15/h4-6H,1-3H3,(H,16,22)(H,17,23)(H,18,24). The minimum atomic E-state index is -0.691. The van der Waals surface area contributed by atoms with Crippen molar-refractivity contribution in [1.82, 2.24) is 29.9 Å². The molecule has 3 N–H and O–H groups in total. The Labute approximate surface area is 153 Å². The van der Waals surface area contributed by atoms with Crippen LogP contribution in [-0.2, 0) is 0 Å². The van der Waals surface area contributed by atoms with Crippen LogP contribution in [0, 0.1) is 0 Å². The van der Waals surface area contributed by atoms with E-state index in [1.807, 2.05) is 0 Å². The third kappa shape index (κ3) is 6.11. The van der Waals surface area contributed by atoms with E-state index in [1.165, 1.54) is 39.3 Å². The summed E-state index contributed by atoms with van der Waals surface area (Å²) in [6, 6.07) is 3.90. The van der Waals surface area contributed by atoms with Crippen molar-refractivity contribution in [3.63, 3.8) is 0 Å². The molecule has 12 heteroatoms. The quantitative estimate of drug-likeness (QED) is 0.487. The summed E-state index contributed by atoms with van der Waals surface area (Å²) in [7, 11) is 4.18. The Morgan fingerprint density at radius 2 is 1.17 bits per heavy atom. The Morgan fingerprint density at radius 3 is 1.62 bits per heavy atom. The van der Waals surface area contributed by atoms with Crippen molar-refractivity contribution < 1.29 is 14.4 Å². The van der Waals surface area contributed by atoms with Crippen molar-refractivity contribution in [1.29, 1.82) is 0 Å². The van der Waals surface area contributed by atoms with Crippen LogP contribution in [0.5, 0.6) is 0 Å². The van der Waals surface area contributed by atoms with Gasteiger partial charge in [-0.3, -0.25) is 30.7 Å². The predicted molar refractivity (Wildman–Crippen MR) is 89.7 cm³/mol. The molecule has 1 aromatic carbocycles. The molecule has 24 heavy (non-hydrogen) atoms. The van der Waals surface area contributed by atoms with E-state index in [1.54, 1.807) is 0 Å². The summed E-state index contributed by atoms with van der Waals surface area (Å²) < 4.78 is 2.72. The molecule has 0 aromatic heterocycles. The molecular weight excluding hydrogens is 383 g/mol. The summed E-state index contributed by atoms with van der Waals surface area (Å²) >= 11 is 16.7. The van der Waals surface area contributed by atoms with Crippen molar-refractivity contribution in [3.05, 3.63) is 34.9 Å². The zero-order valence-corrected chi connectivity index (χ0v) is 15.2. The van der Waals surface area contributed by atoms with Crippen molar-refractivity contribution in [3.8, 4) is 0 Å². The number of nitrogens with one attached hydrogen (secondary N) is 3. The second-order valence-corrected chi connectivity index (χ2v) is 6.04. The highest BCUT2D eigenvalue weighted by Gasteiger charge is 2.21.